The molecule has 1 aromatic rings. The van der Waals surface area contributed by atoms with Crippen LogP contribution in [0.3, 0.4) is 0 Å². The molecular weight excluding hydrogens is 246 g/mol. The Kier molecular flexibility index (Phi) is 4.04. The second kappa shape index (κ2) is 5.73. The lowest BCUT2D eigenvalue weighted by atomic mass is 9.98. The molecular formula is C14H17NO4. The molecule has 1 atom stereocenters. The van der Waals surface area contributed by atoms with E-state index in [9.17, 15) is 9.59 Å². The molecule has 0 aromatic heterocycles. The number of para-hydroxylation sites is 1. The Morgan fingerprint density at radius 1 is 1.37 bits per heavy atom. The smallest absolute Gasteiger partial charge is 0.414 e. The maximum absolute atomic E-state index is 11.9. The van der Waals surface area contributed by atoms with Crippen LogP contribution in [-0.2, 0) is 14.3 Å². The molecule has 1 aromatic carbocycles. The molecule has 1 unspecified atom stereocenters. The van der Waals surface area contributed by atoms with E-state index in [2.05, 4.69) is 0 Å². The van der Waals surface area contributed by atoms with Crippen LogP contribution in [0.15, 0.2) is 24.3 Å². The van der Waals surface area contributed by atoms with Crippen LogP contribution in [0, 0.1) is 0 Å². The molecule has 0 fully saturated rings. The molecule has 0 radical (unpaired) electrons. The third-order valence-corrected chi connectivity index (χ3v) is 3.20. The van der Waals surface area contributed by atoms with E-state index in [4.69, 9.17) is 9.47 Å². The standard InChI is InChI=1S/C14H17NO4/c1-3-19-14(17)15-9-10(8-13(16)18-2)11-6-4-5-7-12(11)15/h4-7,10H,3,8-9H2,1-2H3. The number of amides is 1. The molecule has 1 heterocycles. The van der Waals surface area contributed by atoms with Crippen molar-refractivity contribution in [1.82, 2.24) is 0 Å². The number of nitrogens with zero attached hydrogens (tertiary/aromatic N) is 1. The van der Waals surface area contributed by atoms with Gasteiger partial charge in [-0.25, -0.2) is 4.79 Å². The molecule has 1 amide bonds. The monoisotopic (exact) mass is 263 g/mol. The molecule has 2 rings (SSSR count). The summed E-state index contributed by atoms with van der Waals surface area (Å²) in [5, 5.41) is 0. The summed E-state index contributed by atoms with van der Waals surface area (Å²) < 4.78 is 9.73. The number of carbonyl (C=O) groups is 2. The van der Waals surface area contributed by atoms with Gasteiger partial charge in [0.1, 0.15) is 0 Å². The number of ether oxygens (including phenoxy) is 2. The quantitative estimate of drug-likeness (QED) is 0.785. The van der Waals surface area contributed by atoms with Gasteiger partial charge in [-0.1, -0.05) is 18.2 Å². The largest absolute Gasteiger partial charge is 0.469 e. The summed E-state index contributed by atoms with van der Waals surface area (Å²) in [7, 11) is 1.37. The molecule has 5 nitrogen and oxygen atoms in total. The van der Waals surface area contributed by atoms with Crippen LogP contribution in [0.2, 0.25) is 0 Å². The Bertz CT molecular complexity index is 486. The number of anilines is 1. The maximum Gasteiger partial charge on any atom is 0.414 e. The van der Waals surface area contributed by atoms with Crippen LogP contribution < -0.4 is 4.90 Å². The molecule has 0 spiro atoms. The fraction of sp³-hybridized carbons (Fsp3) is 0.429. The fourth-order valence-corrected chi connectivity index (χ4v) is 2.33. The van der Waals surface area contributed by atoms with Gasteiger partial charge in [-0.15, -0.1) is 0 Å². The van der Waals surface area contributed by atoms with Crippen molar-refractivity contribution >= 4 is 17.7 Å². The Labute approximate surface area is 112 Å². The first-order chi connectivity index (χ1) is 9.17. The van der Waals surface area contributed by atoms with E-state index in [1.807, 2.05) is 24.3 Å². The summed E-state index contributed by atoms with van der Waals surface area (Å²) in [6.07, 6.45) is -0.106. The predicted octanol–water partition coefficient (Wildman–Crippen LogP) is 2.31. The summed E-state index contributed by atoms with van der Waals surface area (Å²) >= 11 is 0. The van der Waals surface area contributed by atoms with Gasteiger partial charge in [-0.05, 0) is 18.6 Å². The van der Waals surface area contributed by atoms with Crippen molar-refractivity contribution in [3.63, 3.8) is 0 Å². The second-order valence-electron chi connectivity index (χ2n) is 4.35. The van der Waals surface area contributed by atoms with Gasteiger partial charge in [0.05, 0.1) is 25.8 Å². The van der Waals surface area contributed by atoms with Crippen LogP contribution in [0.5, 0.6) is 0 Å². The number of hydrogen-bond acceptors (Lipinski definition) is 4. The molecule has 0 saturated heterocycles. The van der Waals surface area contributed by atoms with Crippen molar-refractivity contribution in [3.8, 4) is 0 Å². The molecule has 0 N–H and O–H groups in total. The minimum atomic E-state index is -0.373. The summed E-state index contributed by atoms with van der Waals surface area (Å²) in [5.41, 5.74) is 1.80. The number of methoxy groups -OCH3 is 1. The molecule has 102 valence electrons. The van der Waals surface area contributed by atoms with Crippen LogP contribution in [0.4, 0.5) is 10.5 Å². The van der Waals surface area contributed by atoms with Crippen molar-refractivity contribution < 1.29 is 19.1 Å². The fourth-order valence-electron chi connectivity index (χ4n) is 2.33. The van der Waals surface area contributed by atoms with Gasteiger partial charge in [0.25, 0.3) is 0 Å². The highest BCUT2D eigenvalue weighted by molar-refractivity contribution is 5.91. The molecule has 5 heteroatoms. The molecule has 0 aliphatic carbocycles. The molecule has 19 heavy (non-hydrogen) atoms. The number of hydrogen-bond donors (Lipinski definition) is 0. The zero-order valence-electron chi connectivity index (χ0n) is 11.1. The minimum Gasteiger partial charge on any atom is -0.469 e. The van der Waals surface area contributed by atoms with Gasteiger partial charge >= 0.3 is 12.1 Å². The predicted molar refractivity (Wildman–Crippen MR) is 70.2 cm³/mol. The molecule has 0 bridgehead atoms. The SMILES string of the molecule is CCOC(=O)N1CC(CC(=O)OC)c2ccccc21. The van der Waals surface area contributed by atoms with E-state index in [1.165, 1.54) is 7.11 Å². The van der Waals surface area contributed by atoms with Crippen LogP contribution >= 0.6 is 0 Å². The Morgan fingerprint density at radius 2 is 2.11 bits per heavy atom. The maximum atomic E-state index is 11.9. The van der Waals surface area contributed by atoms with Crippen molar-refractivity contribution in [1.29, 1.82) is 0 Å². The average Bonchev–Trinajstić information content (AvgIpc) is 2.78. The van der Waals surface area contributed by atoms with Gasteiger partial charge in [0.2, 0.25) is 0 Å². The van der Waals surface area contributed by atoms with Gasteiger partial charge in [0.15, 0.2) is 0 Å². The number of rotatable bonds is 3. The highest BCUT2D eigenvalue weighted by atomic mass is 16.6. The van der Waals surface area contributed by atoms with Gasteiger partial charge in [-0.2, -0.15) is 0 Å². The lowest BCUT2D eigenvalue weighted by Crippen LogP contribution is -2.30. The number of benzene rings is 1. The summed E-state index contributed by atoms with van der Waals surface area (Å²) in [6, 6.07) is 7.56. The summed E-state index contributed by atoms with van der Waals surface area (Å²) in [5.74, 6) is -0.307. The van der Waals surface area contributed by atoms with E-state index in [0.29, 0.717) is 13.2 Å². The van der Waals surface area contributed by atoms with Gasteiger partial charge < -0.3 is 9.47 Å². The van der Waals surface area contributed by atoms with Crippen molar-refractivity contribution in [2.24, 2.45) is 0 Å². The number of fused-ring (bicyclic) bond motifs is 1. The summed E-state index contributed by atoms with van der Waals surface area (Å²) in [4.78, 5) is 24.9. The summed E-state index contributed by atoms with van der Waals surface area (Å²) in [6.45, 7) is 2.55. The lowest BCUT2D eigenvalue weighted by Gasteiger charge is -2.16. The van der Waals surface area contributed by atoms with Crippen LogP contribution in [-0.4, -0.2) is 32.3 Å². The first kappa shape index (κ1) is 13.4. The van der Waals surface area contributed by atoms with Crippen molar-refractivity contribution in [2.45, 2.75) is 19.3 Å². The van der Waals surface area contributed by atoms with Crippen molar-refractivity contribution in [2.75, 3.05) is 25.2 Å². The first-order valence-electron chi connectivity index (χ1n) is 6.27. The zero-order chi connectivity index (χ0) is 13.8. The molecule has 0 saturated carbocycles. The van der Waals surface area contributed by atoms with Crippen LogP contribution in [0.25, 0.3) is 0 Å². The zero-order valence-corrected chi connectivity index (χ0v) is 11.1. The normalized spacial score (nSPS) is 16.9. The van der Waals surface area contributed by atoms with E-state index >= 15 is 0 Å². The Morgan fingerprint density at radius 3 is 2.79 bits per heavy atom. The van der Waals surface area contributed by atoms with E-state index in [1.54, 1.807) is 11.8 Å². The number of esters is 1. The Hall–Kier alpha value is -2.04. The van der Waals surface area contributed by atoms with E-state index in [-0.39, 0.29) is 24.4 Å². The third-order valence-electron chi connectivity index (χ3n) is 3.20. The van der Waals surface area contributed by atoms with Gasteiger partial charge in [-0.3, -0.25) is 9.69 Å². The average molecular weight is 263 g/mol. The minimum absolute atomic E-state index is 0.0342. The Balaban J connectivity index is 2.23. The van der Waals surface area contributed by atoms with E-state index < -0.39 is 0 Å². The third kappa shape index (κ3) is 2.70. The topological polar surface area (TPSA) is 55.8 Å². The van der Waals surface area contributed by atoms with E-state index in [0.717, 1.165) is 11.3 Å². The van der Waals surface area contributed by atoms with Crippen LogP contribution in [0.1, 0.15) is 24.8 Å². The molecule has 1 aliphatic heterocycles. The highest BCUT2D eigenvalue weighted by Crippen LogP contribution is 2.38. The lowest BCUT2D eigenvalue weighted by molar-refractivity contribution is -0.141. The van der Waals surface area contributed by atoms with Crippen molar-refractivity contribution in [3.05, 3.63) is 29.8 Å². The van der Waals surface area contributed by atoms with Gasteiger partial charge in [0, 0.05) is 12.5 Å². The highest BCUT2D eigenvalue weighted by Gasteiger charge is 2.34. The number of carbonyl (C=O) groups excluding carboxylic acids is 2. The first-order valence-corrected chi connectivity index (χ1v) is 6.27. The second-order valence-corrected chi connectivity index (χ2v) is 4.35. The molecule has 1 aliphatic rings.